The zero-order chi connectivity index (χ0) is 10.9. The fraction of sp³-hybridized carbons (Fsp3) is 0.500. The summed E-state index contributed by atoms with van der Waals surface area (Å²) in [5, 5.41) is 19.1. The predicted octanol–water partition coefficient (Wildman–Crippen LogP) is 1.53. The Kier molecular flexibility index (Phi) is 5.14. The van der Waals surface area contributed by atoms with Gasteiger partial charge in [0.15, 0.2) is 0 Å². The molecule has 1 heterocycles. The van der Waals surface area contributed by atoms with Crippen molar-refractivity contribution in [1.29, 1.82) is 0 Å². The van der Waals surface area contributed by atoms with E-state index in [4.69, 9.17) is 5.11 Å². The Balaban J connectivity index is 2.00. The van der Waals surface area contributed by atoms with Crippen LogP contribution in [0.3, 0.4) is 0 Å². The van der Waals surface area contributed by atoms with E-state index in [1.54, 1.807) is 6.20 Å². The molecule has 0 aliphatic rings. The van der Waals surface area contributed by atoms with E-state index in [1.165, 1.54) is 0 Å². The first-order valence-electron chi connectivity index (χ1n) is 5.02. The van der Waals surface area contributed by atoms with Gasteiger partial charge in [-0.2, -0.15) is 5.10 Å². The topological polar surface area (TPSA) is 75.1 Å². The molecule has 5 heteroatoms. The van der Waals surface area contributed by atoms with Gasteiger partial charge in [0.05, 0.1) is 0 Å². The molecule has 15 heavy (non-hydrogen) atoms. The molecule has 0 fully saturated rings. The summed E-state index contributed by atoms with van der Waals surface area (Å²) in [6.45, 7) is 0.804. The smallest absolute Gasteiger partial charge is 0.303 e. The van der Waals surface area contributed by atoms with Crippen molar-refractivity contribution < 1.29 is 9.90 Å². The molecule has 0 aliphatic heterocycles. The minimum Gasteiger partial charge on any atom is -0.481 e. The number of nitrogens with one attached hydrogen (secondary N) is 1. The molecule has 0 bridgehead atoms. The predicted molar refractivity (Wildman–Crippen MR) is 56.6 cm³/mol. The number of carboxylic acids is 1. The maximum atomic E-state index is 10.2. The van der Waals surface area contributed by atoms with Crippen LogP contribution in [0.5, 0.6) is 0 Å². The van der Waals surface area contributed by atoms with Crippen LogP contribution in [-0.2, 0) is 4.79 Å². The van der Waals surface area contributed by atoms with Crippen LogP contribution in [0.1, 0.15) is 25.7 Å². The van der Waals surface area contributed by atoms with Gasteiger partial charge in [0.25, 0.3) is 0 Å². The van der Waals surface area contributed by atoms with Crippen LogP contribution < -0.4 is 5.32 Å². The lowest BCUT2D eigenvalue weighted by Crippen LogP contribution is -2.04. The molecule has 5 nitrogen and oxygen atoms in total. The third-order valence-corrected chi connectivity index (χ3v) is 1.95. The summed E-state index contributed by atoms with van der Waals surface area (Å²) in [6, 6.07) is 3.67. The summed E-state index contributed by atoms with van der Waals surface area (Å²) >= 11 is 0. The van der Waals surface area contributed by atoms with E-state index in [9.17, 15) is 4.79 Å². The Morgan fingerprint density at radius 3 is 2.93 bits per heavy atom. The van der Waals surface area contributed by atoms with Gasteiger partial charge in [-0.1, -0.05) is 6.42 Å². The first-order valence-corrected chi connectivity index (χ1v) is 5.02. The molecule has 0 amide bonds. The fourth-order valence-corrected chi connectivity index (χ4v) is 1.19. The zero-order valence-electron chi connectivity index (χ0n) is 8.52. The molecular weight excluding hydrogens is 194 g/mol. The second kappa shape index (κ2) is 6.75. The number of carboxylic acid groups (broad SMARTS) is 1. The van der Waals surface area contributed by atoms with Crippen molar-refractivity contribution in [2.45, 2.75) is 25.7 Å². The summed E-state index contributed by atoms with van der Waals surface area (Å²) in [5.74, 6) is 0.0348. The van der Waals surface area contributed by atoms with Crippen LogP contribution in [0.4, 0.5) is 5.82 Å². The number of aromatic nitrogens is 2. The highest BCUT2D eigenvalue weighted by Crippen LogP contribution is 2.02. The highest BCUT2D eigenvalue weighted by atomic mass is 16.4. The SMILES string of the molecule is O=C(O)CCCCCNc1cccnn1. The number of anilines is 1. The molecule has 82 valence electrons. The van der Waals surface area contributed by atoms with E-state index in [0.29, 0.717) is 0 Å². The van der Waals surface area contributed by atoms with Gasteiger partial charge in [0.1, 0.15) is 5.82 Å². The minimum atomic E-state index is -0.725. The molecule has 1 rings (SSSR count). The average molecular weight is 209 g/mol. The highest BCUT2D eigenvalue weighted by molar-refractivity contribution is 5.66. The molecule has 0 spiro atoms. The van der Waals surface area contributed by atoms with E-state index >= 15 is 0 Å². The number of nitrogens with zero attached hydrogens (tertiary/aromatic N) is 2. The molecule has 2 N–H and O–H groups in total. The van der Waals surface area contributed by atoms with Crippen molar-refractivity contribution in [3.05, 3.63) is 18.3 Å². The third kappa shape index (κ3) is 5.61. The van der Waals surface area contributed by atoms with E-state index in [1.807, 2.05) is 12.1 Å². The number of hydrogen-bond donors (Lipinski definition) is 2. The second-order valence-corrected chi connectivity index (χ2v) is 3.24. The standard InChI is InChI=1S/C10H15N3O2/c14-10(15)6-2-1-3-7-11-9-5-4-8-12-13-9/h4-5,8H,1-3,6-7H2,(H,11,13)(H,14,15). The number of unbranched alkanes of at least 4 members (excludes halogenated alkanes) is 2. The molecule has 1 aromatic rings. The summed E-state index contributed by atoms with van der Waals surface area (Å²) in [7, 11) is 0. The molecule has 0 unspecified atom stereocenters. The second-order valence-electron chi connectivity index (χ2n) is 3.24. The van der Waals surface area contributed by atoms with E-state index in [-0.39, 0.29) is 6.42 Å². The largest absolute Gasteiger partial charge is 0.481 e. The highest BCUT2D eigenvalue weighted by Gasteiger charge is 1.96. The Hall–Kier alpha value is -1.65. The molecule has 1 aromatic heterocycles. The van der Waals surface area contributed by atoms with E-state index in [2.05, 4.69) is 15.5 Å². The van der Waals surface area contributed by atoms with Crippen molar-refractivity contribution >= 4 is 11.8 Å². The van der Waals surface area contributed by atoms with Crippen LogP contribution in [0, 0.1) is 0 Å². The average Bonchev–Trinajstić information content (AvgIpc) is 2.24. The van der Waals surface area contributed by atoms with Gasteiger partial charge in [-0.15, -0.1) is 5.10 Å². The molecule has 0 aromatic carbocycles. The van der Waals surface area contributed by atoms with Gasteiger partial charge in [0.2, 0.25) is 0 Å². The summed E-state index contributed by atoms with van der Waals surface area (Å²) in [5.41, 5.74) is 0. The van der Waals surface area contributed by atoms with Gasteiger partial charge in [0, 0.05) is 19.2 Å². The third-order valence-electron chi connectivity index (χ3n) is 1.95. The first kappa shape index (κ1) is 11.4. The van der Waals surface area contributed by atoms with Crippen molar-refractivity contribution in [2.24, 2.45) is 0 Å². The van der Waals surface area contributed by atoms with E-state index in [0.717, 1.165) is 31.6 Å². The van der Waals surface area contributed by atoms with Gasteiger partial charge in [-0.25, -0.2) is 0 Å². The van der Waals surface area contributed by atoms with Crippen LogP contribution >= 0.6 is 0 Å². The molecule has 0 radical (unpaired) electrons. The monoisotopic (exact) mass is 209 g/mol. The maximum Gasteiger partial charge on any atom is 0.303 e. The van der Waals surface area contributed by atoms with Gasteiger partial charge >= 0.3 is 5.97 Å². The fourth-order valence-electron chi connectivity index (χ4n) is 1.19. The Labute approximate surface area is 88.5 Å². The lowest BCUT2D eigenvalue weighted by Gasteiger charge is -2.03. The Morgan fingerprint density at radius 2 is 2.27 bits per heavy atom. The molecule has 0 saturated heterocycles. The summed E-state index contributed by atoms with van der Waals surface area (Å²) in [4.78, 5) is 10.2. The zero-order valence-corrected chi connectivity index (χ0v) is 8.52. The number of carbonyl (C=O) groups is 1. The summed E-state index contributed by atoms with van der Waals surface area (Å²) in [6.07, 6.45) is 4.48. The molecule has 0 aliphatic carbocycles. The van der Waals surface area contributed by atoms with Crippen molar-refractivity contribution in [2.75, 3.05) is 11.9 Å². The van der Waals surface area contributed by atoms with Crippen LogP contribution in [0.15, 0.2) is 18.3 Å². The van der Waals surface area contributed by atoms with Gasteiger partial charge < -0.3 is 10.4 Å². The van der Waals surface area contributed by atoms with Crippen LogP contribution in [0.25, 0.3) is 0 Å². The van der Waals surface area contributed by atoms with Gasteiger partial charge in [-0.3, -0.25) is 4.79 Å². The minimum absolute atomic E-state index is 0.255. The lowest BCUT2D eigenvalue weighted by atomic mass is 10.2. The quantitative estimate of drug-likeness (QED) is 0.666. The number of hydrogen-bond acceptors (Lipinski definition) is 4. The maximum absolute atomic E-state index is 10.2. The number of aliphatic carboxylic acids is 1. The Bertz CT molecular complexity index is 290. The van der Waals surface area contributed by atoms with Crippen molar-refractivity contribution in [3.63, 3.8) is 0 Å². The lowest BCUT2D eigenvalue weighted by molar-refractivity contribution is -0.137. The van der Waals surface area contributed by atoms with Gasteiger partial charge in [-0.05, 0) is 25.0 Å². The van der Waals surface area contributed by atoms with Crippen LogP contribution in [-0.4, -0.2) is 27.8 Å². The molecule has 0 saturated carbocycles. The normalized spacial score (nSPS) is 9.87. The number of rotatable bonds is 7. The van der Waals surface area contributed by atoms with E-state index < -0.39 is 5.97 Å². The van der Waals surface area contributed by atoms with Crippen molar-refractivity contribution in [3.8, 4) is 0 Å². The van der Waals surface area contributed by atoms with Crippen LogP contribution in [0.2, 0.25) is 0 Å². The molecule has 0 atom stereocenters. The Morgan fingerprint density at radius 1 is 1.40 bits per heavy atom. The first-order chi connectivity index (χ1) is 7.29. The summed E-state index contributed by atoms with van der Waals surface area (Å²) < 4.78 is 0. The van der Waals surface area contributed by atoms with Crippen molar-refractivity contribution in [1.82, 2.24) is 10.2 Å². The molecular formula is C10H15N3O2.